The lowest BCUT2D eigenvalue weighted by molar-refractivity contribution is -0.107. The molecule has 17 heavy (non-hydrogen) atoms. The molecule has 1 aromatic carbocycles. The van der Waals surface area contributed by atoms with Gasteiger partial charge in [-0.25, -0.2) is 0 Å². The van der Waals surface area contributed by atoms with Crippen molar-refractivity contribution in [3.05, 3.63) is 48.3 Å². The molecule has 0 fully saturated rings. The number of hydrogen-bond donors (Lipinski definition) is 1. The number of benzene rings is 1. The van der Waals surface area contributed by atoms with Gasteiger partial charge in [0, 0.05) is 31.5 Å². The Morgan fingerprint density at radius 1 is 1.24 bits per heavy atom. The molecule has 0 saturated heterocycles. The highest BCUT2D eigenvalue weighted by molar-refractivity contribution is 5.77. The van der Waals surface area contributed by atoms with Crippen LogP contribution >= 0.6 is 0 Å². The van der Waals surface area contributed by atoms with Crippen LogP contribution in [0, 0.1) is 0 Å². The van der Waals surface area contributed by atoms with Crippen molar-refractivity contribution in [2.75, 3.05) is 12.4 Å². The molecular formula is C14H14N2O. The molecule has 86 valence electrons. The van der Waals surface area contributed by atoms with E-state index in [0.717, 1.165) is 28.7 Å². The second-order valence-electron chi connectivity index (χ2n) is 3.69. The Morgan fingerprint density at radius 2 is 2.00 bits per heavy atom. The number of rotatable bonds is 4. The molecule has 1 heterocycles. The Bertz CT molecular complexity index is 509. The summed E-state index contributed by atoms with van der Waals surface area (Å²) in [5.74, 6) is 0. The summed E-state index contributed by atoms with van der Waals surface area (Å²) in [5, 5.41) is 3.12. The smallest absolute Gasteiger partial charge is 0.124 e. The molecule has 0 unspecified atom stereocenters. The normalized spacial score (nSPS) is 9.94. The van der Waals surface area contributed by atoms with Crippen molar-refractivity contribution in [2.24, 2.45) is 0 Å². The van der Waals surface area contributed by atoms with Gasteiger partial charge in [-0.1, -0.05) is 12.1 Å². The molecule has 2 rings (SSSR count). The maximum atomic E-state index is 10.8. The van der Waals surface area contributed by atoms with E-state index in [1.54, 1.807) is 12.4 Å². The molecule has 1 aromatic heterocycles. The third-order valence-electron chi connectivity index (χ3n) is 2.72. The molecule has 3 heteroatoms. The van der Waals surface area contributed by atoms with Gasteiger partial charge in [-0.3, -0.25) is 4.98 Å². The summed E-state index contributed by atoms with van der Waals surface area (Å²) >= 11 is 0. The van der Waals surface area contributed by atoms with Crippen molar-refractivity contribution < 1.29 is 4.79 Å². The van der Waals surface area contributed by atoms with Gasteiger partial charge in [-0.05, 0) is 34.9 Å². The van der Waals surface area contributed by atoms with Crippen LogP contribution in [-0.4, -0.2) is 18.3 Å². The van der Waals surface area contributed by atoms with Gasteiger partial charge in [-0.15, -0.1) is 0 Å². The molecule has 0 saturated carbocycles. The van der Waals surface area contributed by atoms with Crippen LogP contribution < -0.4 is 5.32 Å². The summed E-state index contributed by atoms with van der Waals surface area (Å²) in [7, 11) is 1.86. The Morgan fingerprint density at radius 3 is 2.65 bits per heavy atom. The van der Waals surface area contributed by atoms with Crippen molar-refractivity contribution in [3.8, 4) is 11.1 Å². The van der Waals surface area contributed by atoms with E-state index < -0.39 is 0 Å². The van der Waals surface area contributed by atoms with Gasteiger partial charge in [0.25, 0.3) is 0 Å². The molecule has 3 nitrogen and oxygen atoms in total. The summed E-state index contributed by atoms with van der Waals surface area (Å²) in [6.45, 7) is 0. The van der Waals surface area contributed by atoms with Crippen LogP contribution in [0.1, 0.15) is 5.56 Å². The van der Waals surface area contributed by atoms with E-state index in [1.165, 1.54) is 0 Å². The number of pyridine rings is 1. The number of hydrogen-bond acceptors (Lipinski definition) is 3. The number of carbonyl (C=O) groups is 1. The lowest BCUT2D eigenvalue weighted by Gasteiger charge is -2.12. The second kappa shape index (κ2) is 5.25. The van der Waals surface area contributed by atoms with Gasteiger partial charge in [-0.2, -0.15) is 0 Å². The minimum atomic E-state index is 0.411. The third-order valence-corrected chi connectivity index (χ3v) is 2.72. The molecular weight excluding hydrogens is 212 g/mol. The van der Waals surface area contributed by atoms with Crippen LogP contribution in [0.2, 0.25) is 0 Å². The molecule has 0 aliphatic carbocycles. The maximum absolute atomic E-state index is 10.8. The predicted molar refractivity (Wildman–Crippen MR) is 69.0 cm³/mol. The van der Waals surface area contributed by atoms with E-state index >= 15 is 0 Å². The van der Waals surface area contributed by atoms with E-state index in [-0.39, 0.29) is 0 Å². The van der Waals surface area contributed by atoms with Crippen LogP contribution in [0.5, 0.6) is 0 Å². The van der Waals surface area contributed by atoms with Crippen LogP contribution in [0.3, 0.4) is 0 Å². The largest absolute Gasteiger partial charge is 0.388 e. The number of carbonyl (C=O) groups excluding carboxylic acids is 1. The van der Waals surface area contributed by atoms with Crippen LogP contribution in [0.4, 0.5) is 5.69 Å². The molecule has 0 bridgehead atoms. The molecule has 0 aliphatic heterocycles. The zero-order valence-electron chi connectivity index (χ0n) is 9.68. The van der Waals surface area contributed by atoms with Crippen molar-refractivity contribution >= 4 is 12.0 Å². The Balaban J connectivity index is 2.57. The molecule has 1 N–H and O–H groups in total. The molecule has 0 spiro atoms. The minimum absolute atomic E-state index is 0.411. The minimum Gasteiger partial charge on any atom is -0.388 e. The zero-order valence-corrected chi connectivity index (χ0v) is 9.68. The first-order chi connectivity index (χ1) is 8.36. The highest BCUT2D eigenvalue weighted by Crippen LogP contribution is 2.28. The number of aromatic nitrogens is 1. The standard InChI is InChI=1S/C14H14N2O/c1-15-14-4-2-3-12(13(14)7-10-17)11-5-8-16-9-6-11/h2-6,8-10,15H,7H2,1H3. The summed E-state index contributed by atoms with van der Waals surface area (Å²) in [6.07, 6.45) is 4.85. The van der Waals surface area contributed by atoms with Gasteiger partial charge in [0.2, 0.25) is 0 Å². The van der Waals surface area contributed by atoms with Crippen LogP contribution in [-0.2, 0) is 11.2 Å². The first-order valence-electron chi connectivity index (χ1n) is 5.50. The van der Waals surface area contributed by atoms with E-state index in [9.17, 15) is 4.79 Å². The highest BCUT2D eigenvalue weighted by Gasteiger charge is 2.08. The van der Waals surface area contributed by atoms with Crippen molar-refractivity contribution in [3.63, 3.8) is 0 Å². The van der Waals surface area contributed by atoms with Gasteiger partial charge in [0.15, 0.2) is 0 Å². The second-order valence-corrected chi connectivity index (χ2v) is 3.69. The number of nitrogens with zero attached hydrogens (tertiary/aromatic N) is 1. The summed E-state index contributed by atoms with van der Waals surface area (Å²) in [5.41, 5.74) is 4.17. The fourth-order valence-electron chi connectivity index (χ4n) is 1.93. The fraction of sp³-hybridized carbons (Fsp3) is 0.143. The predicted octanol–water partition coefficient (Wildman–Crippen LogP) is 2.53. The summed E-state index contributed by atoms with van der Waals surface area (Å²) < 4.78 is 0. The fourth-order valence-corrected chi connectivity index (χ4v) is 1.93. The lowest BCUT2D eigenvalue weighted by atomic mass is 9.97. The number of anilines is 1. The van der Waals surface area contributed by atoms with Crippen LogP contribution in [0.15, 0.2) is 42.7 Å². The Hall–Kier alpha value is -2.16. The van der Waals surface area contributed by atoms with E-state index in [4.69, 9.17) is 0 Å². The van der Waals surface area contributed by atoms with Gasteiger partial charge < -0.3 is 10.1 Å². The first kappa shape index (κ1) is 11.3. The monoisotopic (exact) mass is 226 g/mol. The summed E-state index contributed by atoms with van der Waals surface area (Å²) in [4.78, 5) is 14.8. The van der Waals surface area contributed by atoms with Gasteiger partial charge >= 0.3 is 0 Å². The number of nitrogens with one attached hydrogen (secondary N) is 1. The SMILES string of the molecule is CNc1cccc(-c2ccncc2)c1CC=O. The van der Waals surface area contributed by atoms with Crippen molar-refractivity contribution in [1.29, 1.82) is 0 Å². The number of aldehydes is 1. The zero-order chi connectivity index (χ0) is 12.1. The topological polar surface area (TPSA) is 42.0 Å². The van der Waals surface area contributed by atoms with Crippen molar-refractivity contribution in [2.45, 2.75) is 6.42 Å². The highest BCUT2D eigenvalue weighted by atomic mass is 16.1. The van der Waals surface area contributed by atoms with E-state index in [0.29, 0.717) is 6.42 Å². The Kier molecular flexibility index (Phi) is 3.50. The third kappa shape index (κ3) is 2.33. The average Bonchev–Trinajstić information content (AvgIpc) is 2.40. The quantitative estimate of drug-likeness (QED) is 0.814. The summed E-state index contributed by atoms with van der Waals surface area (Å²) in [6, 6.07) is 9.88. The van der Waals surface area contributed by atoms with Gasteiger partial charge in [0.05, 0.1) is 0 Å². The van der Waals surface area contributed by atoms with E-state index in [1.807, 2.05) is 37.4 Å². The van der Waals surface area contributed by atoms with Gasteiger partial charge in [0.1, 0.15) is 6.29 Å². The first-order valence-corrected chi connectivity index (χ1v) is 5.50. The average molecular weight is 226 g/mol. The Labute approximate surface area is 101 Å². The van der Waals surface area contributed by atoms with E-state index in [2.05, 4.69) is 10.3 Å². The molecule has 0 radical (unpaired) electrons. The molecule has 0 atom stereocenters. The molecule has 0 amide bonds. The molecule has 0 aliphatic rings. The molecule has 2 aromatic rings. The lowest BCUT2D eigenvalue weighted by Crippen LogP contribution is -1.99. The maximum Gasteiger partial charge on any atom is 0.124 e. The van der Waals surface area contributed by atoms with Crippen LogP contribution in [0.25, 0.3) is 11.1 Å². The van der Waals surface area contributed by atoms with Crippen molar-refractivity contribution in [1.82, 2.24) is 4.98 Å².